The Hall–Kier alpha value is -1.22. The van der Waals surface area contributed by atoms with Gasteiger partial charge in [0, 0.05) is 80.5 Å². The molecule has 0 radical (unpaired) electrons. The zero-order chi connectivity index (χ0) is 17.9. The summed E-state index contributed by atoms with van der Waals surface area (Å²) in [5.74, 6) is 0.222. The van der Waals surface area contributed by atoms with E-state index in [2.05, 4.69) is 20.4 Å². The second kappa shape index (κ2) is 11.4. The molecule has 1 fully saturated rings. The monoisotopic (exact) mass is 342 g/mol. The van der Waals surface area contributed by atoms with E-state index in [9.17, 15) is 9.59 Å². The summed E-state index contributed by atoms with van der Waals surface area (Å²) in [4.78, 5) is 31.6. The molecule has 1 saturated heterocycles. The Balaban J connectivity index is 2.62. The number of rotatable bonds is 4. The number of amides is 2. The molecule has 0 spiro atoms. The maximum atomic E-state index is 12.0. The molecule has 0 bridgehead atoms. The molecule has 0 aliphatic carbocycles. The van der Waals surface area contributed by atoms with E-state index in [1.165, 1.54) is 0 Å². The van der Waals surface area contributed by atoms with Crippen molar-refractivity contribution in [3.63, 3.8) is 0 Å². The highest BCUT2D eigenvalue weighted by Gasteiger charge is 2.16. The molecule has 2 amide bonds. The quantitative estimate of drug-likeness (QED) is 0.613. The SMILES string of the molecule is CN(C)C(=O)CN1CCNCCNCCN(CC(=O)N(C)C)CC1. The third-order valence-electron chi connectivity index (χ3n) is 4.14. The van der Waals surface area contributed by atoms with Gasteiger partial charge in [0.25, 0.3) is 0 Å². The van der Waals surface area contributed by atoms with E-state index in [0.717, 1.165) is 52.4 Å². The molecular formula is C16H34N6O2. The number of carbonyl (C=O) groups excluding carboxylic acids is 2. The molecule has 24 heavy (non-hydrogen) atoms. The molecule has 0 aromatic heterocycles. The lowest BCUT2D eigenvalue weighted by Gasteiger charge is -2.29. The average Bonchev–Trinajstić information content (AvgIpc) is 2.51. The highest BCUT2D eigenvalue weighted by atomic mass is 16.2. The third kappa shape index (κ3) is 8.58. The number of nitrogens with zero attached hydrogens (tertiary/aromatic N) is 4. The van der Waals surface area contributed by atoms with Crippen LogP contribution >= 0.6 is 0 Å². The van der Waals surface area contributed by atoms with Crippen LogP contribution in [0.1, 0.15) is 0 Å². The van der Waals surface area contributed by atoms with Crippen molar-refractivity contribution >= 4 is 11.8 Å². The fraction of sp³-hybridized carbons (Fsp3) is 0.875. The van der Waals surface area contributed by atoms with Gasteiger partial charge in [-0.1, -0.05) is 0 Å². The predicted molar refractivity (Wildman–Crippen MR) is 96.0 cm³/mol. The largest absolute Gasteiger partial charge is 0.348 e. The molecule has 1 aliphatic rings. The minimum Gasteiger partial charge on any atom is -0.348 e. The Labute approximate surface area is 146 Å². The Bertz CT molecular complexity index is 353. The number of likely N-dealkylation sites (N-methyl/N-ethyl adjacent to an activating group) is 2. The van der Waals surface area contributed by atoms with Crippen LogP contribution in [0.15, 0.2) is 0 Å². The van der Waals surface area contributed by atoms with Crippen molar-refractivity contribution in [2.24, 2.45) is 0 Å². The van der Waals surface area contributed by atoms with Crippen LogP contribution in [0.5, 0.6) is 0 Å². The van der Waals surface area contributed by atoms with Gasteiger partial charge in [-0.05, 0) is 0 Å². The Morgan fingerprint density at radius 2 is 1.08 bits per heavy atom. The zero-order valence-electron chi connectivity index (χ0n) is 15.7. The first-order valence-electron chi connectivity index (χ1n) is 8.66. The first-order chi connectivity index (χ1) is 11.4. The summed E-state index contributed by atoms with van der Waals surface area (Å²) in [5.41, 5.74) is 0. The highest BCUT2D eigenvalue weighted by Crippen LogP contribution is 1.96. The van der Waals surface area contributed by atoms with Crippen LogP contribution in [0, 0.1) is 0 Å². The van der Waals surface area contributed by atoms with E-state index in [1.54, 1.807) is 38.0 Å². The average molecular weight is 342 g/mol. The molecule has 1 heterocycles. The smallest absolute Gasteiger partial charge is 0.236 e. The molecule has 8 heteroatoms. The zero-order valence-corrected chi connectivity index (χ0v) is 15.7. The molecule has 0 aromatic carbocycles. The fourth-order valence-corrected chi connectivity index (χ4v) is 2.39. The van der Waals surface area contributed by atoms with Gasteiger partial charge in [-0.25, -0.2) is 0 Å². The number of carbonyl (C=O) groups is 2. The Morgan fingerprint density at radius 3 is 1.42 bits per heavy atom. The van der Waals surface area contributed by atoms with Gasteiger partial charge in [0.1, 0.15) is 0 Å². The standard InChI is InChI=1S/C16H34N6O2/c1-19(2)15(23)13-21-9-7-17-5-6-18-8-10-22(12-11-21)14-16(24)20(3)4/h17-18H,5-14H2,1-4H3. The van der Waals surface area contributed by atoms with Gasteiger partial charge in [-0.3, -0.25) is 19.4 Å². The van der Waals surface area contributed by atoms with Gasteiger partial charge < -0.3 is 20.4 Å². The van der Waals surface area contributed by atoms with Crippen molar-refractivity contribution in [1.29, 1.82) is 0 Å². The van der Waals surface area contributed by atoms with Gasteiger partial charge in [0.2, 0.25) is 11.8 Å². The van der Waals surface area contributed by atoms with E-state index in [0.29, 0.717) is 13.1 Å². The second-order valence-corrected chi connectivity index (χ2v) is 6.63. The lowest BCUT2D eigenvalue weighted by Crippen LogP contribution is -2.48. The van der Waals surface area contributed by atoms with Gasteiger partial charge in [0.15, 0.2) is 0 Å². The molecular weight excluding hydrogens is 308 g/mol. The van der Waals surface area contributed by atoms with Crippen LogP contribution in [0.2, 0.25) is 0 Å². The van der Waals surface area contributed by atoms with E-state index < -0.39 is 0 Å². The lowest BCUT2D eigenvalue weighted by molar-refractivity contribution is -0.131. The highest BCUT2D eigenvalue weighted by molar-refractivity contribution is 5.78. The summed E-state index contributed by atoms with van der Waals surface area (Å²) >= 11 is 0. The molecule has 8 nitrogen and oxygen atoms in total. The summed E-state index contributed by atoms with van der Waals surface area (Å²) in [6.45, 7) is 7.59. The van der Waals surface area contributed by atoms with Crippen LogP contribution in [0.4, 0.5) is 0 Å². The molecule has 1 aliphatic heterocycles. The van der Waals surface area contributed by atoms with E-state index >= 15 is 0 Å². The van der Waals surface area contributed by atoms with Gasteiger partial charge >= 0.3 is 0 Å². The minimum absolute atomic E-state index is 0.111. The first-order valence-corrected chi connectivity index (χ1v) is 8.66. The molecule has 0 aromatic rings. The minimum atomic E-state index is 0.111. The fourth-order valence-electron chi connectivity index (χ4n) is 2.39. The van der Waals surface area contributed by atoms with Crippen molar-refractivity contribution in [3.05, 3.63) is 0 Å². The first kappa shape index (κ1) is 20.8. The van der Waals surface area contributed by atoms with E-state index in [-0.39, 0.29) is 11.8 Å². The van der Waals surface area contributed by atoms with Crippen LogP contribution < -0.4 is 10.6 Å². The van der Waals surface area contributed by atoms with Gasteiger partial charge in [0.05, 0.1) is 13.1 Å². The van der Waals surface area contributed by atoms with Crippen LogP contribution in [-0.2, 0) is 9.59 Å². The van der Waals surface area contributed by atoms with Crippen molar-refractivity contribution < 1.29 is 9.59 Å². The summed E-state index contributed by atoms with van der Waals surface area (Å²) in [7, 11) is 7.13. The summed E-state index contributed by atoms with van der Waals surface area (Å²) in [6.07, 6.45) is 0. The predicted octanol–water partition coefficient (Wildman–Crippen LogP) is -2.04. The Morgan fingerprint density at radius 1 is 0.708 bits per heavy atom. The van der Waals surface area contributed by atoms with Crippen LogP contribution in [0.3, 0.4) is 0 Å². The maximum absolute atomic E-state index is 12.0. The van der Waals surface area contributed by atoms with Crippen molar-refractivity contribution in [2.45, 2.75) is 0 Å². The summed E-state index contributed by atoms with van der Waals surface area (Å²) < 4.78 is 0. The van der Waals surface area contributed by atoms with Gasteiger partial charge in [-0.15, -0.1) is 0 Å². The molecule has 140 valence electrons. The van der Waals surface area contributed by atoms with Crippen molar-refractivity contribution in [2.75, 3.05) is 93.6 Å². The number of nitrogens with one attached hydrogen (secondary N) is 2. The third-order valence-corrected chi connectivity index (χ3v) is 4.14. The topological polar surface area (TPSA) is 71.2 Å². The maximum Gasteiger partial charge on any atom is 0.236 e. The summed E-state index contributed by atoms with van der Waals surface area (Å²) in [5, 5.41) is 6.78. The van der Waals surface area contributed by atoms with E-state index in [4.69, 9.17) is 0 Å². The van der Waals surface area contributed by atoms with Gasteiger partial charge in [-0.2, -0.15) is 0 Å². The normalized spacial score (nSPS) is 19.2. The van der Waals surface area contributed by atoms with Crippen LogP contribution in [0.25, 0.3) is 0 Å². The number of hydrogen-bond acceptors (Lipinski definition) is 6. The van der Waals surface area contributed by atoms with Crippen molar-refractivity contribution in [1.82, 2.24) is 30.2 Å². The molecule has 1 rings (SSSR count). The molecule has 0 unspecified atom stereocenters. The lowest BCUT2D eigenvalue weighted by atomic mass is 10.3. The molecule has 0 saturated carbocycles. The van der Waals surface area contributed by atoms with Crippen LogP contribution in [-0.4, -0.2) is 125 Å². The van der Waals surface area contributed by atoms with Crippen molar-refractivity contribution in [3.8, 4) is 0 Å². The van der Waals surface area contributed by atoms with E-state index in [1.807, 2.05) is 0 Å². The summed E-state index contributed by atoms with van der Waals surface area (Å²) in [6, 6.07) is 0. The second-order valence-electron chi connectivity index (χ2n) is 6.63. The number of hydrogen-bond donors (Lipinski definition) is 2. The molecule has 0 atom stereocenters. The Kier molecular flexibility index (Phi) is 9.85. The molecule has 2 N–H and O–H groups in total.